The lowest BCUT2D eigenvalue weighted by Gasteiger charge is -2.29. The highest BCUT2D eigenvalue weighted by Crippen LogP contribution is 2.14. The minimum Gasteiger partial charge on any atom is -0.396 e. The summed E-state index contributed by atoms with van der Waals surface area (Å²) in [5.41, 5.74) is 6.67. The van der Waals surface area contributed by atoms with E-state index in [2.05, 4.69) is 10.00 Å². The van der Waals surface area contributed by atoms with Crippen LogP contribution in [0.5, 0.6) is 0 Å². The van der Waals surface area contributed by atoms with Crippen LogP contribution in [0.25, 0.3) is 0 Å². The van der Waals surface area contributed by atoms with Crippen LogP contribution >= 0.6 is 0 Å². The van der Waals surface area contributed by atoms with Crippen LogP contribution in [0.15, 0.2) is 6.20 Å². The van der Waals surface area contributed by atoms with Gasteiger partial charge in [0.25, 0.3) is 5.91 Å². The third-order valence-corrected chi connectivity index (χ3v) is 3.08. The summed E-state index contributed by atoms with van der Waals surface area (Å²) >= 11 is 0. The third kappa shape index (κ3) is 3.70. The van der Waals surface area contributed by atoms with Gasteiger partial charge >= 0.3 is 0 Å². The molecule has 0 fully saturated rings. The number of hydrogen-bond donors (Lipinski definition) is 1. The molecule has 19 heavy (non-hydrogen) atoms. The Bertz CT molecular complexity index is 427. The lowest BCUT2D eigenvalue weighted by Crippen LogP contribution is -2.44. The summed E-state index contributed by atoms with van der Waals surface area (Å²) in [4.78, 5) is 16.4. The van der Waals surface area contributed by atoms with Crippen molar-refractivity contribution in [1.82, 2.24) is 19.6 Å². The molecule has 0 saturated heterocycles. The number of carbonyl (C=O) groups is 1. The molecule has 1 unspecified atom stereocenters. The number of anilines is 1. The van der Waals surface area contributed by atoms with E-state index < -0.39 is 0 Å². The summed E-state index contributed by atoms with van der Waals surface area (Å²) in [6.45, 7) is 8.13. The summed E-state index contributed by atoms with van der Waals surface area (Å²) in [5.74, 6) is -0.0958. The number of aromatic nitrogens is 2. The highest BCUT2D eigenvalue weighted by Gasteiger charge is 2.24. The molecule has 0 aromatic carbocycles. The zero-order chi connectivity index (χ0) is 14.6. The van der Waals surface area contributed by atoms with Crippen molar-refractivity contribution in [3.8, 4) is 0 Å². The molecule has 1 amide bonds. The Morgan fingerprint density at radius 1 is 1.47 bits per heavy atom. The average Bonchev–Trinajstić information content (AvgIpc) is 2.70. The van der Waals surface area contributed by atoms with Crippen molar-refractivity contribution in [2.45, 2.75) is 33.4 Å². The maximum atomic E-state index is 12.5. The summed E-state index contributed by atoms with van der Waals surface area (Å²) in [5, 5.41) is 4.25. The number of nitrogens with two attached hydrogens (primary N) is 1. The van der Waals surface area contributed by atoms with Gasteiger partial charge in [0, 0.05) is 31.9 Å². The van der Waals surface area contributed by atoms with Crippen LogP contribution in [0.4, 0.5) is 5.69 Å². The molecule has 1 aromatic rings. The number of aryl methyl sites for hydroxylation is 1. The summed E-state index contributed by atoms with van der Waals surface area (Å²) in [7, 11) is 3.99. The molecule has 6 nitrogen and oxygen atoms in total. The van der Waals surface area contributed by atoms with Crippen molar-refractivity contribution in [2.24, 2.45) is 0 Å². The highest BCUT2D eigenvalue weighted by molar-refractivity contribution is 5.97. The maximum Gasteiger partial charge on any atom is 0.276 e. The normalized spacial score (nSPS) is 12.7. The van der Waals surface area contributed by atoms with Crippen LogP contribution in [0.3, 0.4) is 0 Å². The molecule has 1 aromatic heterocycles. The van der Waals surface area contributed by atoms with Crippen LogP contribution in [0.2, 0.25) is 0 Å². The number of amides is 1. The molecule has 0 aliphatic carbocycles. The second-order valence-corrected chi connectivity index (χ2v) is 4.99. The maximum absolute atomic E-state index is 12.5. The molecule has 0 spiro atoms. The van der Waals surface area contributed by atoms with Crippen molar-refractivity contribution < 1.29 is 4.79 Å². The van der Waals surface area contributed by atoms with Gasteiger partial charge in [-0.1, -0.05) is 0 Å². The number of nitrogen functional groups attached to an aromatic ring is 1. The van der Waals surface area contributed by atoms with Crippen LogP contribution < -0.4 is 5.73 Å². The Morgan fingerprint density at radius 3 is 2.53 bits per heavy atom. The van der Waals surface area contributed by atoms with E-state index in [-0.39, 0.29) is 11.9 Å². The fraction of sp³-hybridized carbons (Fsp3) is 0.692. The molecule has 108 valence electrons. The molecular formula is C13H25N5O. The predicted molar refractivity (Wildman–Crippen MR) is 77.0 cm³/mol. The van der Waals surface area contributed by atoms with Crippen LogP contribution in [0.1, 0.15) is 31.3 Å². The Hall–Kier alpha value is -1.56. The van der Waals surface area contributed by atoms with Crippen molar-refractivity contribution in [3.63, 3.8) is 0 Å². The van der Waals surface area contributed by atoms with E-state index in [4.69, 9.17) is 5.73 Å². The van der Waals surface area contributed by atoms with Crippen molar-refractivity contribution >= 4 is 11.6 Å². The molecule has 6 heteroatoms. The predicted octanol–water partition coefficient (Wildman–Crippen LogP) is 0.897. The quantitative estimate of drug-likeness (QED) is 0.831. The van der Waals surface area contributed by atoms with E-state index in [1.807, 2.05) is 34.9 Å². The Morgan fingerprint density at radius 2 is 2.11 bits per heavy atom. The zero-order valence-electron chi connectivity index (χ0n) is 12.6. The van der Waals surface area contributed by atoms with Gasteiger partial charge in [0.05, 0.1) is 5.69 Å². The second kappa shape index (κ2) is 6.56. The van der Waals surface area contributed by atoms with Gasteiger partial charge in [0.15, 0.2) is 5.69 Å². The first-order valence-corrected chi connectivity index (χ1v) is 6.69. The van der Waals surface area contributed by atoms with Crippen LogP contribution in [0, 0.1) is 0 Å². The minimum atomic E-state index is -0.0958. The van der Waals surface area contributed by atoms with Gasteiger partial charge in [-0.25, -0.2) is 0 Å². The van der Waals surface area contributed by atoms with Gasteiger partial charge in [0.1, 0.15) is 0 Å². The number of hydrogen-bond acceptors (Lipinski definition) is 4. The van der Waals surface area contributed by atoms with E-state index in [0.29, 0.717) is 24.5 Å². The highest BCUT2D eigenvalue weighted by atomic mass is 16.2. The summed E-state index contributed by atoms with van der Waals surface area (Å²) in [6.07, 6.45) is 1.71. The SMILES string of the molecule is CCN(C(=O)c1nn(CC)cc1N)C(C)CN(C)C. The molecular weight excluding hydrogens is 242 g/mol. The monoisotopic (exact) mass is 267 g/mol. The summed E-state index contributed by atoms with van der Waals surface area (Å²) in [6, 6.07) is 0.124. The Labute approximate surface area is 115 Å². The fourth-order valence-electron chi connectivity index (χ4n) is 2.18. The second-order valence-electron chi connectivity index (χ2n) is 4.99. The van der Waals surface area contributed by atoms with E-state index in [1.165, 1.54) is 0 Å². The summed E-state index contributed by atoms with van der Waals surface area (Å²) < 4.78 is 1.69. The molecule has 0 aliphatic heterocycles. The molecule has 0 radical (unpaired) electrons. The Balaban J connectivity index is 2.91. The van der Waals surface area contributed by atoms with Gasteiger partial charge in [-0.05, 0) is 34.9 Å². The van der Waals surface area contributed by atoms with E-state index in [9.17, 15) is 4.79 Å². The standard InChI is InChI=1S/C13H25N5O/c1-6-17-9-11(14)12(15-17)13(19)18(7-2)10(3)8-16(4)5/h9-10H,6-8,14H2,1-5H3. The van der Waals surface area contributed by atoms with Gasteiger partial charge in [0.2, 0.25) is 0 Å². The van der Waals surface area contributed by atoms with Crippen LogP contribution in [-0.2, 0) is 6.54 Å². The van der Waals surface area contributed by atoms with Gasteiger partial charge in [-0.2, -0.15) is 5.10 Å². The molecule has 1 atom stereocenters. The third-order valence-electron chi connectivity index (χ3n) is 3.08. The number of nitrogens with zero attached hydrogens (tertiary/aromatic N) is 4. The number of carbonyl (C=O) groups excluding carboxylic acids is 1. The molecule has 0 saturated carbocycles. The minimum absolute atomic E-state index is 0.0958. The zero-order valence-corrected chi connectivity index (χ0v) is 12.6. The van der Waals surface area contributed by atoms with Crippen LogP contribution in [-0.4, -0.2) is 58.7 Å². The first kappa shape index (κ1) is 15.5. The smallest absolute Gasteiger partial charge is 0.276 e. The lowest BCUT2D eigenvalue weighted by molar-refractivity contribution is 0.0673. The first-order chi connectivity index (χ1) is 8.90. The van der Waals surface area contributed by atoms with Gasteiger partial charge in [-0.3, -0.25) is 9.48 Å². The van der Waals surface area contributed by atoms with E-state index in [0.717, 1.165) is 6.54 Å². The largest absolute Gasteiger partial charge is 0.396 e. The number of rotatable bonds is 6. The van der Waals surface area contributed by atoms with Gasteiger partial charge < -0.3 is 15.5 Å². The first-order valence-electron chi connectivity index (χ1n) is 6.69. The topological polar surface area (TPSA) is 67.4 Å². The van der Waals surface area contributed by atoms with Crippen molar-refractivity contribution in [1.29, 1.82) is 0 Å². The fourth-order valence-corrected chi connectivity index (χ4v) is 2.18. The molecule has 1 rings (SSSR count). The molecule has 1 heterocycles. The van der Waals surface area contributed by atoms with Crippen molar-refractivity contribution in [2.75, 3.05) is 32.9 Å². The van der Waals surface area contributed by atoms with E-state index in [1.54, 1.807) is 15.8 Å². The molecule has 0 bridgehead atoms. The van der Waals surface area contributed by atoms with E-state index >= 15 is 0 Å². The van der Waals surface area contributed by atoms with Crippen molar-refractivity contribution in [3.05, 3.63) is 11.9 Å². The molecule has 2 N–H and O–H groups in total. The molecule has 0 aliphatic rings. The van der Waals surface area contributed by atoms with Gasteiger partial charge in [-0.15, -0.1) is 0 Å². The number of likely N-dealkylation sites (N-methyl/N-ethyl adjacent to an activating group) is 2. The average molecular weight is 267 g/mol. The lowest BCUT2D eigenvalue weighted by atomic mass is 10.2. The Kier molecular flexibility index (Phi) is 5.35.